The summed E-state index contributed by atoms with van der Waals surface area (Å²) in [6.45, 7) is 4.02. The van der Waals surface area contributed by atoms with Gasteiger partial charge in [0, 0.05) is 19.0 Å². The largest absolute Gasteiger partial charge is 0.361 e. The zero-order valence-electron chi connectivity index (χ0n) is 8.99. The molecule has 5 nitrogen and oxygen atoms in total. The highest BCUT2D eigenvalue weighted by Gasteiger charge is 2.08. The van der Waals surface area contributed by atoms with Crippen molar-refractivity contribution in [2.24, 2.45) is 0 Å². The van der Waals surface area contributed by atoms with E-state index in [1.165, 1.54) is 0 Å². The SMILES string of the molecule is CCCS(=O)(=O)NCCc1cc(C)no1. The first-order valence-electron chi connectivity index (χ1n) is 4.93. The van der Waals surface area contributed by atoms with Gasteiger partial charge in [0.2, 0.25) is 10.0 Å². The van der Waals surface area contributed by atoms with Crippen LogP contribution in [0.1, 0.15) is 24.8 Å². The van der Waals surface area contributed by atoms with Crippen LogP contribution in [0.4, 0.5) is 0 Å². The number of aryl methyl sites for hydroxylation is 1. The zero-order chi connectivity index (χ0) is 11.3. The summed E-state index contributed by atoms with van der Waals surface area (Å²) >= 11 is 0. The summed E-state index contributed by atoms with van der Waals surface area (Å²) < 4.78 is 30.0. The molecule has 0 saturated heterocycles. The molecule has 1 aromatic heterocycles. The molecule has 0 unspecified atom stereocenters. The molecule has 0 atom stereocenters. The Morgan fingerprint density at radius 2 is 2.27 bits per heavy atom. The van der Waals surface area contributed by atoms with Crippen LogP contribution in [0.3, 0.4) is 0 Å². The highest BCUT2D eigenvalue weighted by atomic mass is 32.2. The van der Waals surface area contributed by atoms with Crippen LogP contribution in [0.15, 0.2) is 10.6 Å². The van der Waals surface area contributed by atoms with Gasteiger partial charge in [0.1, 0.15) is 5.76 Å². The van der Waals surface area contributed by atoms with Gasteiger partial charge in [-0.2, -0.15) is 0 Å². The standard InChI is InChI=1S/C9H16N2O3S/c1-3-6-15(12,13)10-5-4-9-7-8(2)11-14-9/h7,10H,3-6H2,1-2H3. The van der Waals surface area contributed by atoms with Crippen molar-refractivity contribution in [3.8, 4) is 0 Å². The Bertz CT molecular complexity index is 397. The number of sulfonamides is 1. The number of nitrogens with one attached hydrogen (secondary N) is 1. The molecule has 0 fully saturated rings. The van der Waals surface area contributed by atoms with Crippen LogP contribution in [-0.4, -0.2) is 25.9 Å². The van der Waals surface area contributed by atoms with E-state index in [9.17, 15) is 8.42 Å². The van der Waals surface area contributed by atoms with Gasteiger partial charge in [0.05, 0.1) is 11.4 Å². The molecule has 1 rings (SSSR count). The smallest absolute Gasteiger partial charge is 0.211 e. The first kappa shape index (κ1) is 12.2. The first-order valence-corrected chi connectivity index (χ1v) is 6.58. The van der Waals surface area contributed by atoms with Crippen LogP contribution in [0, 0.1) is 6.92 Å². The molecule has 86 valence electrons. The molecule has 0 aliphatic heterocycles. The minimum atomic E-state index is -3.11. The first-order chi connectivity index (χ1) is 7.03. The maximum atomic E-state index is 11.3. The molecular weight excluding hydrogens is 216 g/mol. The maximum Gasteiger partial charge on any atom is 0.211 e. The lowest BCUT2D eigenvalue weighted by molar-refractivity contribution is 0.379. The quantitative estimate of drug-likeness (QED) is 0.789. The lowest BCUT2D eigenvalue weighted by Gasteiger charge is -2.02. The second-order valence-electron chi connectivity index (χ2n) is 3.40. The minimum absolute atomic E-state index is 0.169. The summed E-state index contributed by atoms with van der Waals surface area (Å²) in [4.78, 5) is 0. The Morgan fingerprint density at radius 1 is 1.53 bits per heavy atom. The van der Waals surface area contributed by atoms with E-state index in [2.05, 4.69) is 9.88 Å². The predicted octanol–water partition coefficient (Wildman–Crippen LogP) is 0.855. The summed E-state index contributed by atoms with van der Waals surface area (Å²) in [7, 11) is -3.11. The van der Waals surface area contributed by atoms with Crippen molar-refractivity contribution in [3.05, 3.63) is 17.5 Å². The third-order valence-electron chi connectivity index (χ3n) is 1.84. The monoisotopic (exact) mass is 232 g/mol. The number of hydrogen-bond donors (Lipinski definition) is 1. The summed E-state index contributed by atoms with van der Waals surface area (Å²) in [5.41, 5.74) is 0.807. The Balaban J connectivity index is 2.33. The van der Waals surface area contributed by atoms with Gasteiger partial charge in [-0.1, -0.05) is 12.1 Å². The van der Waals surface area contributed by atoms with Gasteiger partial charge >= 0.3 is 0 Å². The maximum absolute atomic E-state index is 11.3. The predicted molar refractivity (Wildman–Crippen MR) is 57.0 cm³/mol. The van der Waals surface area contributed by atoms with Crippen molar-refractivity contribution >= 4 is 10.0 Å². The highest BCUT2D eigenvalue weighted by molar-refractivity contribution is 7.89. The molecule has 1 N–H and O–H groups in total. The number of rotatable bonds is 6. The van der Waals surface area contributed by atoms with E-state index in [0.29, 0.717) is 25.1 Å². The average molecular weight is 232 g/mol. The number of hydrogen-bond acceptors (Lipinski definition) is 4. The fourth-order valence-electron chi connectivity index (χ4n) is 1.20. The fourth-order valence-corrected chi connectivity index (χ4v) is 2.30. The summed E-state index contributed by atoms with van der Waals surface area (Å²) in [5, 5.41) is 3.72. The van der Waals surface area contributed by atoms with Gasteiger partial charge < -0.3 is 4.52 Å². The number of aromatic nitrogens is 1. The average Bonchev–Trinajstić information content (AvgIpc) is 2.51. The van der Waals surface area contributed by atoms with Crippen LogP contribution in [0.5, 0.6) is 0 Å². The lowest BCUT2D eigenvalue weighted by Crippen LogP contribution is -2.28. The fraction of sp³-hybridized carbons (Fsp3) is 0.667. The third-order valence-corrected chi connectivity index (χ3v) is 3.43. The van der Waals surface area contributed by atoms with E-state index in [1.807, 2.05) is 13.8 Å². The molecule has 0 aliphatic rings. The summed E-state index contributed by atoms with van der Waals surface area (Å²) in [6, 6.07) is 1.80. The highest BCUT2D eigenvalue weighted by Crippen LogP contribution is 2.02. The van der Waals surface area contributed by atoms with E-state index < -0.39 is 10.0 Å². The van der Waals surface area contributed by atoms with Crippen molar-refractivity contribution in [1.29, 1.82) is 0 Å². The van der Waals surface area contributed by atoms with Crippen LogP contribution in [-0.2, 0) is 16.4 Å². The van der Waals surface area contributed by atoms with Crippen molar-refractivity contribution in [3.63, 3.8) is 0 Å². The molecule has 6 heteroatoms. The van der Waals surface area contributed by atoms with E-state index in [4.69, 9.17) is 4.52 Å². The van der Waals surface area contributed by atoms with Gasteiger partial charge in [0.25, 0.3) is 0 Å². The van der Waals surface area contributed by atoms with Crippen LogP contribution < -0.4 is 4.72 Å². The molecule has 0 aliphatic carbocycles. The van der Waals surface area contributed by atoms with Crippen molar-refractivity contribution in [2.75, 3.05) is 12.3 Å². The Labute approximate surface area is 89.9 Å². The van der Waals surface area contributed by atoms with E-state index in [0.717, 1.165) is 5.69 Å². The van der Waals surface area contributed by atoms with Gasteiger partial charge in [-0.3, -0.25) is 0 Å². The molecule has 0 radical (unpaired) electrons. The van der Waals surface area contributed by atoms with Gasteiger partial charge in [-0.25, -0.2) is 13.1 Å². The van der Waals surface area contributed by atoms with Crippen LogP contribution in [0.25, 0.3) is 0 Å². The molecule has 0 spiro atoms. The summed E-state index contributed by atoms with van der Waals surface area (Å²) in [6.07, 6.45) is 1.15. The molecule has 0 bridgehead atoms. The van der Waals surface area contributed by atoms with E-state index in [-0.39, 0.29) is 5.75 Å². The van der Waals surface area contributed by atoms with Crippen molar-refractivity contribution in [1.82, 2.24) is 9.88 Å². The lowest BCUT2D eigenvalue weighted by atomic mass is 10.3. The molecular formula is C9H16N2O3S. The van der Waals surface area contributed by atoms with Gasteiger partial charge in [-0.05, 0) is 13.3 Å². The van der Waals surface area contributed by atoms with Crippen molar-refractivity contribution < 1.29 is 12.9 Å². The minimum Gasteiger partial charge on any atom is -0.361 e. The normalized spacial score (nSPS) is 11.9. The van der Waals surface area contributed by atoms with E-state index in [1.54, 1.807) is 6.07 Å². The Morgan fingerprint density at radius 3 is 2.80 bits per heavy atom. The molecule has 15 heavy (non-hydrogen) atoms. The molecule has 0 saturated carbocycles. The van der Waals surface area contributed by atoms with Gasteiger partial charge in [0.15, 0.2) is 0 Å². The second-order valence-corrected chi connectivity index (χ2v) is 5.32. The third kappa shape index (κ3) is 4.44. The van der Waals surface area contributed by atoms with Gasteiger partial charge in [-0.15, -0.1) is 0 Å². The topological polar surface area (TPSA) is 72.2 Å². The van der Waals surface area contributed by atoms with Crippen LogP contribution >= 0.6 is 0 Å². The molecule has 1 aromatic rings. The molecule has 0 aromatic carbocycles. The summed E-state index contributed by atoms with van der Waals surface area (Å²) in [5.74, 6) is 0.870. The second kappa shape index (κ2) is 5.27. The molecule has 1 heterocycles. The zero-order valence-corrected chi connectivity index (χ0v) is 9.80. The molecule has 0 amide bonds. The number of nitrogens with zero attached hydrogens (tertiary/aromatic N) is 1. The van der Waals surface area contributed by atoms with Crippen LogP contribution in [0.2, 0.25) is 0 Å². The van der Waals surface area contributed by atoms with E-state index >= 15 is 0 Å². The van der Waals surface area contributed by atoms with Crippen molar-refractivity contribution in [2.45, 2.75) is 26.7 Å². The Kier molecular flexibility index (Phi) is 4.28. The Hall–Kier alpha value is -0.880.